The Morgan fingerprint density at radius 1 is 1.29 bits per heavy atom. The van der Waals surface area contributed by atoms with Crippen LogP contribution in [-0.2, 0) is 17.6 Å². The molecule has 4 heteroatoms. The zero-order valence-corrected chi connectivity index (χ0v) is 13.0. The molecule has 1 aliphatic rings. The van der Waals surface area contributed by atoms with Gasteiger partial charge in [0.15, 0.2) is 0 Å². The molecule has 1 aromatic rings. The van der Waals surface area contributed by atoms with Crippen molar-refractivity contribution in [3.8, 4) is 0 Å². The quantitative estimate of drug-likeness (QED) is 0.830. The molecular formula is C17H27N3O. The highest BCUT2D eigenvalue weighted by atomic mass is 16.1. The standard InChI is InChI=1S/C17H27N3O/c1-2-9-19-17(21)12-16(13-18)20-10-7-14-5-3-4-6-15(14)8-11-20/h3-6,16H,2,7-13,18H2,1H3,(H,19,21). The molecule has 21 heavy (non-hydrogen) atoms. The number of carbonyl (C=O) groups is 1. The van der Waals surface area contributed by atoms with Gasteiger partial charge in [0.05, 0.1) is 0 Å². The number of rotatable bonds is 6. The molecule has 0 aromatic heterocycles. The molecule has 1 aromatic carbocycles. The third-order valence-electron chi connectivity index (χ3n) is 4.24. The Labute approximate surface area is 127 Å². The molecule has 0 saturated carbocycles. The highest BCUT2D eigenvalue weighted by Gasteiger charge is 2.22. The molecule has 0 radical (unpaired) electrons. The fourth-order valence-electron chi connectivity index (χ4n) is 2.96. The van der Waals surface area contributed by atoms with Crippen molar-refractivity contribution in [2.45, 2.75) is 38.6 Å². The number of amides is 1. The third kappa shape index (κ3) is 4.55. The number of benzene rings is 1. The molecule has 0 fully saturated rings. The maximum atomic E-state index is 11.9. The second-order valence-electron chi connectivity index (χ2n) is 5.75. The molecule has 1 aliphatic heterocycles. The monoisotopic (exact) mass is 289 g/mol. The predicted molar refractivity (Wildman–Crippen MR) is 86.2 cm³/mol. The lowest BCUT2D eigenvalue weighted by molar-refractivity contribution is -0.122. The molecule has 2 rings (SSSR count). The zero-order valence-electron chi connectivity index (χ0n) is 13.0. The van der Waals surface area contributed by atoms with Crippen LogP contribution in [0.2, 0.25) is 0 Å². The van der Waals surface area contributed by atoms with Gasteiger partial charge in [-0.3, -0.25) is 9.69 Å². The van der Waals surface area contributed by atoms with E-state index in [1.807, 2.05) is 0 Å². The van der Waals surface area contributed by atoms with E-state index >= 15 is 0 Å². The van der Waals surface area contributed by atoms with Gasteiger partial charge in [-0.15, -0.1) is 0 Å². The summed E-state index contributed by atoms with van der Waals surface area (Å²) in [5, 5.41) is 2.95. The summed E-state index contributed by atoms with van der Waals surface area (Å²) in [6, 6.07) is 8.78. The second-order valence-corrected chi connectivity index (χ2v) is 5.75. The summed E-state index contributed by atoms with van der Waals surface area (Å²) in [5.74, 6) is 0.120. The minimum Gasteiger partial charge on any atom is -0.356 e. The van der Waals surface area contributed by atoms with Crippen molar-refractivity contribution in [2.75, 3.05) is 26.2 Å². The Balaban J connectivity index is 1.93. The Bertz CT molecular complexity index is 434. The molecule has 1 amide bonds. The topological polar surface area (TPSA) is 58.4 Å². The molecule has 1 atom stereocenters. The Hall–Kier alpha value is -1.39. The van der Waals surface area contributed by atoms with Gasteiger partial charge in [-0.05, 0) is 30.4 Å². The maximum absolute atomic E-state index is 11.9. The van der Waals surface area contributed by atoms with Crippen LogP contribution in [0.4, 0.5) is 0 Å². The molecule has 1 heterocycles. The highest BCUT2D eigenvalue weighted by Crippen LogP contribution is 2.17. The SMILES string of the molecule is CCCNC(=O)CC(CN)N1CCc2ccccc2CC1. The molecule has 0 saturated heterocycles. The number of nitrogens with zero attached hydrogens (tertiary/aromatic N) is 1. The average molecular weight is 289 g/mol. The van der Waals surface area contributed by atoms with Crippen LogP contribution < -0.4 is 11.1 Å². The third-order valence-corrected chi connectivity index (χ3v) is 4.24. The van der Waals surface area contributed by atoms with Gasteiger partial charge in [0.1, 0.15) is 0 Å². The summed E-state index contributed by atoms with van der Waals surface area (Å²) < 4.78 is 0. The zero-order chi connectivity index (χ0) is 15.1. The number of fused-ring (bicyclic) bond motifs is 1. The van der Waals surface area contributed by atoms with Gasteiger partial charge in [0, 0.05) is 38.6 Å². The van der Waals surface area contributed by atoms with E-state index in [-0.39, 0.29) is 11.9 Å². The normalized spacial score (nSPS) is 16.9. The fourth-order valence-corrected chi connectivity index (χ4v) is 2.96. The van der Waals surface area contributed by atoms with Crippen molar-refractivity contribution < 1.29 is 4.79 Å². The molecule has 4 nitrogen and oxygen atoms in total. The highest BCUT2D eigenvalue weighted by molar-refractivity contribution is 5.76. The van der Waals surface area contributed by atoms with E-state index in [0.29, 0.717) is 13.0 Å². The first-order valence-corrected chi connectivity index (χ1v) is 8.02. The van der Waals surface area contributed by atoms with E-state index in [9.17, 15) is 4.79 Å². The Morgan fingerprint density at radius 3 is 2.43 bits per heavy atom. The van der Waals surface area contributed by atoms with Crippen LogP contribution >= 0.6 is 0 Å². The lowest BCUT2D eigenvalue weighted by Crippen LogP contribution is -2.45. The first-order chi connectivity index (χ1) is 10.2. The van der Waals surface area contributed by atoms with Gasteiger partial charge < -0.3 is 11.1 Å². The minimum absolute atomic E-state index is 0.120. The van der Waals surface area contributed by atoms with E-state index in [4.69, 9.17) is 5.73 Å². The summed E-state index contributed by atoms with van der Waals surface area (Å²) in [4.78, 5) is 14.3. The Morgan fingerprint density at radius 2 is 1.90 bits per heavy atom. The number of hydrogen-bond donors (Lipinski definition) is 2. The van der Waals surface area contributed by atoms with Crippen LogP contribution in [-0.4, -0.2) is 43.0 Å². The number of nitrogens with two attached hydrogens (primary N) is 1. The van der Waals surface area contributed by atoms with Crippen LogP contribution in [0.3, 0.4) is 0 Å². The lowest BCUT2D eigenvalue weighted by Gasteiger charge is -2.29. The van der Waals surface area contributed by atoms with Crippen molar-refractivity contribution in [3.05, 3.63) is 35.4 Å². The Kier molecular flexibility index (Phi) is 6.21. The molecular weight excluding hydrogens is 262 g/mol. The molecule has 0 bridgehead atoms. The van der Waals surface area contributed by atoms with E-state index in [1.54, 1.807) is 0 Å². The fraction of sp³-hybridized carbons (Fsp3) is 0.588. The lowest BCUT2D eigenvalue weighted by atomic mass is 10.0. The van der Waals surface area contributed by atoms with Gasteiger partial charge in [0.25, 0.3) is 0 Å². The molecule has 0 aliphatic carbocycles. The van der Waals surface area contributed by atoms with Crippen molar-refractivity contribution in [2.24, 2.45) is 5.73 Å². The van der Waals surface area contributed by atoms with Gasteiger partial charge in [-0.1, -0.05) is 31.2 Å². The van der Waals surface area contributed by atoms with E-state index in [2.05, 4.69) is 41.4 Å². The summed E-state index contributed by atoms with van der Waals surface area (Å²) in [7, 11) is 0. The second kappa shape index (κ2) is 8.15. The largest absolute Gasteiger partial charge is 0.356 e. The van der Waals surface area contributed by atoms with E-state index < -0.39 is 0 Å². The molecule has 3 N–H and O–H groups in total. The first-order valence-electron chi connectivity index (χ1n) is 8.02. The first kappa shape index (κ1) is 16.0. The van der Waals surface area contributed by atoms with E-state index in [0.717, 1.165) is 38.9 Å². The summed E-state index contributed by atoms with van der Waals surface area (Å²) in [6.45, 7) is 5.32. The van der Waals surface area contributed by atoms with Crippen LogP contribution in [0.5, 0.6) is 0 Å². The van der Waals surface area contributed by atoms with Crippen LogP contribution in [0.25, 0.3) is 0 Å². The molecule has 0 spiro atoms. The molecule has 1 unspecified atom stereocenters. The van der Waals surface area contributed by atoms with Crippen LogP contribution in [0, 0.1) is 0 Å². The van der Waals surface area contributed by atoms with Gasteiger partial charge in [-0.2, -0.15) is 0 Å². The summed E-state index contributed by atoms with van der Waals surface area (Å²) in [5.41, 5.74) is 8.79. The van der Waals surface area contributed by atoms with Crippen LogP contribution in [0.15, 0.2) is 24.3 Å². The average Bonchev–Trinajstić information content (AvgIpc) is 2.73. The van der Waals surface area contributed by atoms with Gasteiger partial charge in [0.2, 0.25) is 5.91 Å². The van der Waals surface area contributed by atoms with Crippen molar-refractivity contribution in [1.82, 2.24) is 10.2 Å². The van der Waals surface area contributed by atoms with E-state index in [1.165, 1.54) is 11.1 Å². The minimum atomic E-state index is 0.120. The number of hydrogen-bond acceptors (Lipinski definition) is 3. The van der Waals surface area contributed by atoms with Gasteiger partial charge in [-0.25, -0.2) is 0 Å². The maximum Gasteiger partial charge on any atom is 0.221 e. The van der Waals surface area contributed by atoms with Crippen LogP contribution in [0.1, 0.15) is 30.9 Å². The van der Waals surface area contributed by atoms with Crippen molar-refractivity contribution in [3.63, 3.8) is 0 Å². The van der Waals surface area contributed by atoms with Gasteiger partial charge >= 0.3 is 0 Å². The smallest absolute Gasteiger partial charge is 0.221 e. The van der Waals surface area contributed by atoms with Crippen molar-refractivity contribution >= 4 is 5.91 Å². The summed E-state index contributed by atoms with van der Waals surface area (Å²) >= 11 is 0. The molecule has 116 valence electrons. The predicted octanol–water partition coefficient (Wildman–Crippen LogP) is 1.33. The number of carbonyl (C=O) groups excluding carboxylic acids is 1. The summed E-state index contributed by atoms with van der Waals surface area (Å²) in [6.07, 6.45) is 3.57. The van der Waals surface area contributed by atoms with Crippen molar-refractivity contribution in [1.29, 1.82) is 0 Å². The number of nitrogens with one attached hydrogen (secondary N) is 1.